The fourth-order valence-corrected chi connectivity index (χ4v) is 8.29. The second-order valence-corrected chi connectivity index (χ2v) is 12.9. The summed E-state index contributed by atoms with van der Waals surface area (Å²) in [5, 5.41) is 21.2. The van der Waals surface area contributed by atoms with Crippen molar-refractivity contribution in [1.82, 2.24) is 0 Å². The van der Waals surface area contributed by atoms with E-state index in [2.05, 4.69) is 158 Å². The van der Waals surface area contributed by atoms with Crippen molar-refractivity contribution in [3.8, 4) is 22.3 Å². The fourth-order valence-electron chi connectivity index (χ4n) is 8.29. The highest BCUT2D eigenvalue weighted by molar-refractivity contribution is 6.30. The highest BCUT2D eigenvalue weighted by Gasteiger charge is 2.14. The summed E-state index contributed by atoms with van der Waals surface area (Å²) < 4.78 is 0. The Hall–Kier alpha value is -5.98. The molecule has 11 rings (SSSR count). The molecule has 0 amide bonds. The third-order valence-electron chi connectivity index (χ3n) is 10.5. The minimum Gasteiger partial charge on any atom is -0.0610 e. The molecule has 0 saturated carbocycles. The van der Waals surface area contributed by atoms with Crippen LogP contribution in [-0.4, -0.2) is 0 Å². The first-order valence-electron chi connectivity index (χ1n) is 16.1. The molecular weight excluding hydrogens is 553 g/mol. The summed E-state index contributed by atoms with van der Waals surface area (Å²) in [7, 11) is 0. The van der Waals surface area contributed by atoms with E-state index < -0.39 is 0 Å². The predicted octanol–water partition coefficient (Wildman–Crippen LogP) is 13.1. The molecule has 0 radical (unpaired) electrons. The molecule has 11 aromatic carbocycles. The summed E-state index contributed by atoms with van der Waals surface area (Å²) in [6.45, 7) is 0. The first-order chi connectivity index (χ1) is 22.8. The molecule has 0 unspecified atom stereocenters. The Labute approximate surface area is 265 Å². The van der Waals surface area contributed by atoms with Crippen LogP contribution in [0.4, 0.5) is 0 Å². The van der Waals surface area contributed by atoms with Gasteiger partial charge in [0.1, 0.15) is 0 Å². The third kappa shape index (κ3) is 3.28. The highest BCUT2D eigenvalue weighted by atomic mass is 14.2. The van der Waals surface area contributed by atoms with Gasteiger partial charge in [0.15, 0.2) is 0 Å². The number of benzene rings is 11. The monoisotopic (exact) mass is 578 g/mol. The minimum absolute atomic E-state index is 1.24. The number of fused-ring (bicyclic) bond motifs is 4. The van der Waals surface area contributed by atoms with Gasteiger partial charge in [-0.3, -0.25) is 0 Å². The van der Waals surface area contributed by atoms with Crippen LogP contribution in [0.25, 0.3) is 108 Å². The second-order valence-electron chi connectivity index (χ2n) is 12.9. The van der Waals surface area contributed by atoms with E-state index in [-0.39, 0.29) is 0 Å². The minimum atomic E-state index is 1.24. The second kappa shape index (κ2) is 8.81. The van der Waals surface area contributed by atoms with Gasteiger partial charge < -0.3 is 0 Å². The topological polar surface area (TPSA) is 0 Å². The van der Waals surface area contributed by atoms with Crippen molar-refractivity contribution in [2.75, 3.05) is 0 Å². The molecule has 0 saturated heterocycles. The maximum Gasteiger partial charge on any atom is -0.00203 e. The molecule has 0 aliphatic rings. The molecule has 11 aromatic rings. The lowest BCUT2D eigenvalue weighted by atomic mass is 9.89. The molecule has 46 heavy (non-hydrogen) atoms. The normalized spacial score (nSPS) is 12.3. The largest absolute Gasteiger partial charge is 0.0610 e. The van der Waals surface area contributed by atoms with Crippen molar-refractivity contribution in [3.05, 3.63) is 158 Å². The number of rotatable bonds is 2. The van der Waals surface area contributed by atoms with Gasteiger partial charge in [-0.05, 0) is 133 Å². The predicted molar refractivity (Wildman–Crippen MR) is 200 cm³/mol. The Balaban J connectivity index is 1.04. The summed E-state index contributed by atoms with van der Waals surface area (Å²) in [6.07, 6.45) is 0. The summed E-state index contributed by atoms with van der Waals surface area (Å²) in [6, 6.07) is 59.2. The van der Waals surface area contributed by atoms with Gasteiger partial charge in [-0.2, -0.15) is 0 Å². The molecule has 210 valence electrons. The quantitative estimate of drug-likeness (QED) is 0.141. The molecule has 0 fully saturated rings. The summed E-state index contributed by atoms with van der Waals surface area (Å²) in [5.74, 6) is 0. The van der Waals surface area contributed by atoms with Gasteiger partial charge in [-0.25, -0.2) is 0 Å². The van der Waals surface area contributed by atoms with E-state index in [0.29, 0.717) is 0 Å². The Kier molecular flexibility index (Phi) is 4.66. The molecule has 0 nitrogen and oxygen atoms in total. The maximum atomic E-state index is 2.38. The van der Waals surface area contributed by atoms with E-state index in [1.807, 2.05) is 0 Å². The van der Waals surface area contributed by atoms with E-state index in [4.69, 9.17) is 0 Å². The third-order valence-corrected chi connectivity index (χ3v) is 10.5. The van der Waals surface area contributed by atoms with Crippen LogP contribution in [0.2, 0.25) is 0 Å². The maximum absolute atomic E-state index is 2.38. The first kappa shape index (κ1) is 24.4. The molecule has 0 N–H and O–H groups in total. The van der Waals surface area contributed by atoms with Crippen molar-refractivity contribution in [3.63, 3.8) is 0 Å². The molecule has 0 aliphatic carbocycles. The van der Waals surface area contributed by atoms with Crippen molar-refractivity contribution in [1.29, 1.82) is 0 Å². The van der Waals surface area contributed by atoms with Crippen LogP contribution in [0.15, 0.2) is 158 Å². The molecule has 0 aromatic heterocycles. The van der Waals surface area contributed by atoms with E-state index in [1.165, 1.54) is 108 Å². The number of hydrogen-bond acceptors (Lipinski definition) is 0. The zero-order valence-electron chi connectivity index (χ0n) is 25.0. The molecule has 0 atom stereocenters. The fraction of sp³-hybridized carbons (Fsp3) is 0. The van der Waals surface area contributed by atoms with Crippen molar-refractivity contribution >= 4 is 86.2 Å². The average Bonchev–Trinajstić information content (AvgIpc) is 3.12. The lowest BCUT2D eigenvalue weighted by Gasteiger charge is -2.14. The zero-order chi connectivity index (χ0) is 29.9. The molecule has 0 heterocycles. The average molecular weight is 579 g/mol. The van der Waals surface area contributed by atoms with E-state index in [9.17, 15) is 0 Å². The van der Waals surface area contributed by atoms with Crippen LogP contribution >= 0.6 is 0 Å². The van der Waals surface area contributed by atoms with Crippen LogP contribution in [0.1, 0.15) is 0 Å². The molecule has 0 heteroatoms. The lowest BCUT2D eigenvalue weighted by molar-refractivity contribution is 1.62. The summed E-state index contributed by atoms with van der Waals surface area (Å²) >= 11 is 0. The number of hydrogen-bond donors (Lipinski definition) is 0. The van der Waals surface area contributed by atoms with Gasteiger partial charge >= 0.3 is 0 Å². The highest BCUT2D eigenvalue weighted by Crippen LogP contribution is 2.41. The molecule has 0 bridgehead atoms. The lowest BCUT2D eigenvalue weighted by Crippen LogP contribution is -1.87. The standard InChI is InChI=1S/C46H26/c1-3-29-11-17-37-23-35-15-13-33(25-41(35)39-21-19-31(5-1)43(29)45(37)39)27-7-9-28(10-8-27)34-14-16-36-24-38-18-12-30-4-2-6-32-20-22-40(42(36)26-34)46(38)44(30)32/h1-26H. The summed E-state index contributed by atoms with van der Waals surface area (Å²) in [5.41, 5.74) is 4.97. The van der Waals surface area contributed by atoms with Crippen LogP contribution in [0.3, 0.4) is 0 Å². The van der Waals surface area contributed by atoms with Crippen LogP contribution in [0, 0.1) is 0 Å². The molecule has 0 spiro atoms. The van der Waals surface area contributed by atoms with Gasteiger partial charge in [0.2, 0.25) is 0 Å². The van der Waals surface area contributed by atoms with Gasteiger partial charge in [0, 0.05) is 0 Å². The van der Waals surface area contributed by atoms with Gasteiger partial charge in [-0.1, -0.05) is 133 Å². The Morgan fingerprint density at radius 1 is 0.196 bits per heavy atom. The SMILES string of the molecule is c1cc2ccc3cc4ccc(-c5ccc(-c6ccc7cc8ccc9cccc%10ccc(c7c6)c8c9%10)cc5)cc4c4ccc(c1)c2c34. The first-order valence-corrected chi connectivity index (χ1v) is 16.1. The van der Waals surface area contributed by atoms with E-state index in [1.54, 1.807) is 0 Å². The summed E-state index contributed by atoms with van der Waals surface area (Å²) in [4.78, 5) is 0. The Morgan fingerprint density at radius 2 is 0.543 bits per heavy atom. The van der Waals surface area contributed by atoms with E-state index >= 15 is 0 Å². The zero-order valence-corrected chi connectivity index (χ0v) is 25.0. The van der Waals surface area contributed by atoms with Crippen molar-refractivity contribution in [2.24, 2.45) is 0 Å². The van der Waals surface area contributed by atoms with Gasteiger partial charge in [-0.15, -0.1) is 0 Å². The Bertz CT molecular complexity index is 2760. The molecule has 0 aliphatic heterocycles. The van der Waals surface area contributed by atoms with Gasteiger partial charge in [0.05, 0.1) is 0 Å². The smallest absolute Gasteiger partial charge is 0.00203 e. The Morgan fingerprint density at radius 3 is 0.978 bits per heavy atom. The van der Waals surface area contributed by atoms with Crippen molar-refractivity contribution < 1.29 is 0 Å². The van der Waals surface area contributed by atoms with Crippen LogP contribution in [0.5, 0.6) is 0 Å². The molecular formula is C46H26. The van der Waals surface area contributed by atoms with Crippen LogP contribution in [-0.2, 0) is 0 Å². The van der Waals surface area contributed by atoms with E-state index in [0.717, 1.165) is 0 Å². The van der Waals surface area contributed by atoms with Crippen molar-refractivity contribution in [2.45, 2.75) is 0 Å². The van der Waals surface area contributed by atoms with Crippen LogP contribution < -0.4 is 0 Å². The van der Waals surface area contributed by atoms with Gasteiger partial charge in [0.25, 0.3) is 0 Å².